The molecule has 0 spiro atoms. The Morgan fingerprint density at radius 2 is 1.88 bits per heavy atom. The van der Waals surface area contributed by atoms with Crippen LogP contribution in [0.5, 0.6) is 0 Å². The minimum Gasteiger partial charge on any atom is -0.452 e. The highest BCUT2D eigenvalue weighted by Gasteiger charge is 2.17. The Morgan fingerprint density at radius 3 is 2.68 bits per heavy atom. The molecule has 0 unspecified atom stereocenters. The molecule has 34 heavy (non-hydrogen) atoms. The van der Waals surface area contributed by atoms with Crippen molar-refractivity contribution >= 4 is 46.1 Å². The summed E-state index contributed by atoms with van der Waals surface area (Å²) in [5.74, 6) is -0.841. The van der Waals surface area contributed by atoms with E-state index in [1.807, 2.05) is 24.3 Å². The van der Waals surface area contributed by atoms with Crippen LogP contribution in [0.4, 0.5) is 11.4 Å². The van der Waals surface area contributed by atoms with Crippen molar-refractivity contribution in [3.05, 3.63) is 93.5 Å². The van der Waals surface area contributed by atoms with E-state index >= 15 is 0 Å². The second-order valence-electron chi connectivity index (χ2n) is 7.27. The second kappa shape index (κ2) is 10.2. The number of benzene rings is 3. The van der Waals surface area contributed by atoms with Crippen LogP contribution in [0.3, 0.4) is 0 Å². The van der Waals surface area contributed by atoms with Crippen molar-refractivity contribution in [2.24, 2.45) is 0 Å². The number of hydrogen-bond donors (Lipinski definition) is 1. The molecule has 4 rings (SSSR count). The summed E-state index contributed by atoms with van der Waals surface area (Å²) in [6.45, 7) is 1.17. The maximum atomic E-state index is 12.6. The molecule has 1 amide bonds. The fourth-order valence-electron chi connectivity index (χ4n) is 3.15. The summed E-state index contributed by atoms with van der Waals surface area (Å²) in [5.41, 5.74) is 3.24. The van der Waals surface area contributed by atoms with Gasteiger partial charge >= 0.3 is 5.97 Å². The molecule has 0 fully saturated rings. The van der Waals surface area contributed by atoms with Crippen LogP contribution in [0.2, 0.25) is 0 Å². The van der Waals surface area contributed by atoms with E-state index in [2.05, 4.69) is 10.3 Å². The van der Waals surface area contributed by atoms with E-state index in [-0.39, 0.29) is 11.4 Å². The van der Waals surface area contributed by atoms with Gasteiger partial charge in [0, 0.05) is 17.9 Å². The van der Waals surface area contributed by atoms with Crippen molar-refractivity contribution in [3.8, 4) is 0 Å². The van der Waals surface area contributed by atoms with Crippen LogP contribution in [0.15, 0.2) is 76.4 Å². The number of hydrogen-bond acceptors (Lipinski definition) is 8. The van der Waals surface area contributed by atoms with Crippen LogP contribution in [0.25, 0.3) is 11.1 Å². The Labute approximate surface area is 198 Å². The third-order valence-corrected chi connectivity index (χ3v) is 5.78. The number of ether oxygens (including phenoxy) is 1. The first-order valence-corrected chi connectivity index (χ1v) is 11.2. The van der Waals surface area contributed by atoms with Crippen LogP contribution in [-0.4, -0.2) is 28.4 Å². The molecule has 0 aliphatic heterocycles. The number of para-hydroxylation sites is 2. The fraction of sp³-hybridized carbons (Fsp3) is 0.125. The van der Waals surface area contributed by atoms with Crippen molar-refractivity contribution < 1.29 is 23.7 Å². The van der Waals surface area contributed by atoms with Gasteiger partial charge in [0.1, 0.15) is 5.52 Å². The number of amides is 1. The highest BCUT2D eigenvalue weighted by atomic mass is 32.2. The zero-order valence-electron chi connectivity index (χ0n) is 18.0. The van der Waals surface area contributed by atoms with E-state index in [0.29, 0.717) is 33.2 Å². The minimum absolute atomic E-state index is 0.150. The van der Waals surface area contributed by atoms with Crippen LogP contribution in [-0.2, 0) is 15.3 Å². The molecule has 1 N–H and O–H groups in total. The van der Waals surface area contributed by atoms with Gasteiger partial charge in [-0.25, -0.2) is 9.78 Å². The topological polar surface area (TPSA) is 125 Å². The Balaban J connectivity index is 1.37. The number of anilines is 1. The van der Waals surface area contributed by atoms with Crippen molar-refractivity contribution in [2.45, 2.75) is 17.9 Å². The molecular formula is C24H19N3O6S. The molecule has 0 saturated carbocycles. The summed E-state index contributed by atoms with van der Waals surface area (Å²) in [5, 5.41) is 14.0. The van der Waals surface area contributed by atoms with E-state index in [1.165, 1.54) is 30.0 Å². The average Bonchev–Trinajstić information content (AvgIpc) is 3.26. The SMILES string of the molecule is Cc1ccc([N+](=O)[O-])cc1NC(=O)COC(=O)c1ccccc1CSc1nc2ccccc2o1. The number of oxazole rings is 1. The molecule has 10 heteroatoms. The van der Waals surface area contributed by atoms with Crippen molar-refractivity contribution in [1.82, 2.24) is 4.98 Å². The Morgan fingerprint density at radius 1 is 1.12 bits per heavy atom. The Kier molecular flexibility index (Phi) is 6.88. The number of nitro benzene ring substituents is 1. The van der Waals surface area contributed by atoms with Crippen LogP contribution in [0.1, 0.15) is 21.5 Å². The van der Waals surface area contributed by atoms with Crippen molar-refractivity contribution in [1.29, 1.82) is 0 Å². The zero-order valence-corrected chi connectivity index (χ0v) is 18.8. The molecule has 0 aliphatic rings. The number of nitrogens with one attached hydrogen (secondary N) is 1. The average molecular weight is 477 g/mol. The molecule has 0 radical (unpaired) electrons. The summed E-state index contributed by atoms with van der Waals surface area (Å²) < 4.78 is 10.9. The van der Waals surface area contributed by atoms with E-state index in [9.17, 15) is 19.7 Å². The number of carbonyl (C=O) groups is 2. The van der Waals surface area contributed by atoms with Crippen LogP contribution in [0, 0.1) is 17.0 Å². The largest absolute Gasteiger partial charge is 0.452 e. The lowest BCUT2D eigenvalue weighted by atomic mass is 10.1. The smallest absolute Gasteiger partial charge is 0.338 e. The lowest BCUT2D eigenvalue weighted by Crippen LogP contribution is -2.21. The van der Waals surface area contributed by atoms with E-state index in [0.717, 1.165) is 5.52 Å². The first kappa shape index (κ1) is 23.0. The van der Waals surface area contributed by atoms with Gasteiger partial charge in [-0.2, -0.15) is 0 Å². The summed E-state index contributed by atoms with van der Waals surface area (Å²) in [6, 6.07) is 18.5. The number of esters is 1. The molecule has 0 atom stereocenters. The number of aryl methyl sites for hydroxylation is 1. The number of nitro groups is 1. The van der Waals surface area contributed by atoms with E-state index in [4.69, 9.17) is 9.15 Å². The summed E-state index contributed by atoms with van der Waals surface area (Å²) in [4.78, 5) is 39.7. The van der Waals surface area contributed by atoms with E-state index < -0.39 is 23.4 Å². The Bertz CT molecular complexity index is 1350. The predicted octanol–water partition coefficient (Wildman–Crippen LogP) is 5.13. The number of non-ortho nitro benzene ring substituents is 1. The number of thioether (sulfide) groups is 1. The van der Waals surface area contributed by atoms with Crippen molar-refractivity contribution in [2.75, 3.05) is 11.9 Å². The number of aromatic nitrogens is 1. The van der Waals surface area contributed by atoms with Gasteiger partial charge in [-0.1, -0.05) is 48.2 Å². The molecular weight excluding hydrogens is 458 g/mol. The molecule has 1 heterocycles. The quantitative estimate of drug-likeness (QED) is 0.160. The maximum Gasteiger partial charge on any atom is 0.338 e. The van der Waals surface area contributed by atoms with Gasteiger partial charge in [-0.15, -0.1) is 0 Å². The Hall–Kier alpha value is -4.18. The van der Waals surface area contributed by atoms with Gasteiger partial charge in [0.2, 0.25) is 0 Å². The second-order valence-corrected chi connectivity index (χ2v) is 8.20. The predicted molar refractivity (Wildman–Crippen MR) is 127 cm³/mol. The molecule has 172 valence electrons. The molecule has 4 aromatic rings. The van der Waals surface area contributed by atoms with Crippen molar-refractivity contribution in [3.63, 3.8) is 0 Å². The summed E-state index contributed by atoms with van der Waals surface area (Å²) >= 11 is 1.34. The minimum atomic E-state index is -0.653. The third kappa shape index (κ3) is 5.41. The molecule has 0 bridgehead atoms. The van der Waals surface area contributed by atoms with Gasteiger partial charge in [0.15, 0.2) is 12.2 Å². The third-order valence-electron chi connectivity index (χ3n) is 4.90. The number of nitrogens with zero attached hydrogens (tertiary/aromatic N) is 2. The van der Waals surface area contributed by atoms with Crippen LogP contribution < -0.4 is 5.32 Å². The molecule has 3 aromatic carbocycles. The van der Waals surface area contributed by atoms with Gasteiger partial charge in [0.25, 0.3) is 16.8 Å². The first-order valence-electron chi connectivity index (χ1n) is 10.2. The summed E-state index contributed by atoms with van der Waals surface area (Å²) in [7, 11) is 0. The summed E-state index contributed by atoms with van der Waals surface area (Å²) in [6.07, 6.45) is 0. The lowest BCUT2D eigenvalue weighted by Gasteiger charge is -2.10. The highest BCUT2D eigenvalue weighted by Crippen LogP contribution is 2.27. The van der Waals surface area contributed by atoms with Gasteiger partial charge < -0.3 is 14.5 Å². The highest BCUT2D eigenvalue weighted by molar-refractivity contribution is 7.98. The fourth-order valence-corrected chi connectivity index (χ4v) is 3.99. The molecule has 0 aliphatic carbocycles. The molecule has 9 nitrogen and oxygen atoms in total. The van der Waals surface area contributed by atoms with Crippen LogP contribution >= 0.6 is 11.8 Å². The maximum absolute atomic E-state index is 12.6. The molecule has 0 saturated heterocycles. The number of fused-ring (bicyclic) bond motifs is 1. The first-order chi connectivity index (χ1) is 16.4. The number of rotatable bonds is 8. The zero-order chi connectivity index (χ0) is 24.1. The normalized spacial score (nSPS) is 10.7. The standard InChI is InChI=1S/C24H19N3O6S/c1-15-10-11-17(27(30)31)12-20(15)25-22(28)13-32-23(29)18-7-3-2-6-16(18)14-34-24-26-19-8-4-5-9-21(19)33-24/h2-12H,13-14H2,1H3,(H,25,28). The number of carbonyl (C=O) groups excluding carboxylic acids is 2. The molecule has 1 aromatic heterocycles. The van der Waals surface area contributed by atoms with E-state index in [1.54, 1.807) is 31.2 Å². The monoisotopic (exact) mass is 477 g/mol. The lowest BCUT2D eigenvalue weighted by molar-refractivity contribution is -0.384. The van der Waals surface area contributed by atoms with Gasteiger partial charge in [-0.3, -0.25) is 14.9 Å². The van der Waals surface area contributed by atoms with Gasteiger partial charge in [-0.05, 0) is 36.2 Å². The van der Waals surface area contributed by atoms with Gasteiger partial charge in [0.05, 0.1) is 16.2 Å².